The maximum absolute atomic E-state index is 12.8. The standard InChI is InChI=1S/C15H21NO7S/c1-4-23-14(18)9-16(13(10-17)15(19)22-3)24(20,21)12-7-5-11(2)6-8-12/h5-8,13,17H,4,9-10H2,1-3H3. The number of benzene rings is 1. The fourth-order valence-corrected chi connectivity index (χ4v) is 3.48. The number of hydrogen-bond acceptors (Lipinski definition) is 7. The summed E-state index contributed by atoms with van der Waals surface area (Å²) in [7, 11) is -3.16. The molecule has 0 fully saturated rings. The Kier molecular flexibility index (Phi) is 7.33. The minimum atomic E-state index is -4.23. The van der Waals surface area contributed by atoms with Gasteiger partial charge in [-0.2, -0.15) is 4.31 Å². The minimum absolute atomic E-state index is 0.0548. The lowest BCUT2D eigenvalue weighted by molar-refractivity contribution is -0.149. The molecule has 1 unspecified atom stereocenters. The number of carbonyl (C=O) groups is 2. The third kappa shape index (κ3) is 4.76. The molecule has 1 aromatic carbocycles. The van der Waals surface area contributed by atoms with Crippen LogP contribution in [0.3, 0.4) is 0 Å². The van der Waals surface area contributed by atoms with Crippen LogP contribution in [0, 0.1) is 6.92 Å². The van der Waals surface area contributed by atoms with Crippen molar-refractivity contribution in [3.8, 4) is 0 Å². The minimum Gasteiger partial charge on any atom is -0.468 e. The number of hydrogen-bond donors (Lipinski definition) is 1. The van der Waals surface area contributed by atoms with Crippen LogP contribution in [-0.4, -0.2) is 62.7 Å². The van der Waals surface area contributed by atoms with Crippen LogP contribution in [0.1, 0.15) is 12.5 Å². The maximum Gasteiger partial charge on any atom is 0.326 e. The average Bonchev–Trinajstić information content (AvgIpc) is 2.54. The van der Waals surface area contributed by atoms with Crippen LogP contribution in [0.5, 0.6) is 0 Å². The Morgan fingerprint density at radius 3 is 2.29 bits per heavy atom. The van der Waals surface area contributed by atoms with Crippen molar-refractivity contribution in [2.75, 3.05) is 26.9 Å². The zero-order valence-corrected chi connectivity index (χ0v) is 14.6. The highest BCUT2D eigenvalue weighted by molar-refractivity contribution is 7.89. The van der Waals surface area contributed by atoms with Crippen molar-refractivity contribution in [3.63, 3.8) is 0 Å². The van der Waals surface area contributed by atoms with E-state index in [9.17, 15) is 23.1 Å². The molecule has 0 aliphatic carbocycles. The lowest BCUT2D eigenvalue weighted by atomic mass is 10.2. The van der Waals surface area contributed by atoms with Crippen molar-refractivity contribution in [2.24, 2.45) is 0 Å². The van der Waals surface area contributed by atoms with Gasteiger partial charge >= 0.3 is 11.9 Å². The number of aliphatic hydroxyl groups is 1. The van der Waals surface area contributed by atoms with E-state index in [-0.39, 0.29) is 11.5 Å². The molecule has 0 heterocycles. The number of ether oxygens (including phenoxy) is 2. The summed E-state index contributed by atoms with van der Waals surface area (Å²) in [6.45, 7) is 1.86. The summed E-state index contributed by atoms with van der Waals surface area (Å²) in [6, 6.07) is 4.33. The second kappa shape index (κ2) is 8.76. The van der Waals surface area contributed by atoms with Crippen molar-refractivity contribution < 1.29 is 32.6 Å². The second-order valence-electron chi connectivity index (χ2n) is 4.89. The van der Waals surface area contributed by atoms with E-state index in [1.165, 1.54) is 12.1 Å². The first-order valence-corrected chi connectivity index (χ1v) is 8.64. The molecule has 0 aliphatic heterocycles. The highest BCUT2D eigenvalue weighted by Gasteiger charge is 2.38. The number of aliphatic hydroxyl groups excluding tert-OH is 1. The Labute approximate surface area is 141 Å². The lowest BCUT2D eigenvalue weighted by Crippen LogP contribution is -2.50. The summed E-state index contributed by atoms with van der Waals surface area (Å²) < 4.78 is 35.5. The molecule has 1 rings (SSSR count). The summed E-state index contributed by atoms with van der Waals surface area (Å²) in [5.41, 5.74) is 0.845. The molecular weight excluding hydrogens is 338 g/mol. The van der Waals surface area contributed by atoms with Gasteiger partial charge in [0.25, 0.3) is 0 Å². The number of esters is 2. The van der Waals surface area contributed by atoms with Gasteiger partial charge in [-0.15, -0.1) is 0 Å². The summed E-state index contributed by atoms with van der Waals surface area (Å²) in [6.07, 6.45) is 0. The summed E-state index contributed by atoms with van der Waals surface area (Å²) >= 11 is 0. The molecule has 0 saturated heterocycles. The fraction of sp³-hybridized carbons (Fsp3) is 0.467. The molecule has 0 aliphatic rings. The smallest absolute Gasteiger partial charge is 0.326 e. The Hall–Kier alpha value is -1.97. The third-order valence-corrected chi connectivity index (χ3v) is 5.08. The number of rotatable bonds is 8. The highest BCUT2D eigenvalue weighted by atomic mass is 32.2. The van der Waals surface area contributed by atoms with Crippen LogP contribution in [0.15, 0.2) is 29.2 Å². The van der Waals surface area contributed by atoms with Gasteiger partial charge in [-0.25, -0.2) is 8.42 Å². The fourth-order valence-electron chi connectivity index (χ4n) is 1.96. The van der Waals surface area contributed by atoms with Crippen molar-refractivity contribution in [1.82, 2.24) is 4.31 Å². The van der Waals surface area contributed by atoms with Gasteiger partial charge in [-0.05, 0) is 26.0 Å². The van der Waals surface area contributed by atoms with E-state index in [1.807, 2.05) is 0 Å². The molecule has 1 aromatic rings. The van der Waals surface area contributed by atoms with Crippen LogP contribution in [-0.2, 0) is 29.1 Å². The second-order valence-corrected chi connectivity index (χ2v) is 6.78. The Balaban J connectivity index is 3.30. The number of methoxy groups -OCH3 is 1. The molecular formula is C15H21NO7S. The predicted molar refractivity (Wildman–Crippen MR) is 84.6 cm³/mol. The molecule has 0 bridgehead atoms. The van der Waals surface area contributed by atoms with E-state index in [4.69, 9.17) is 4.74 Å². The Morgan fingerprint density at radius 2 is 1.83 bits per heavy atom. The number of sulfonamides is 1. The third-order valence-electron chi connectivity index (χ3n) is 3.21. The van der Waals surface area contributed by atoms with Gasteiger partial charge in [0.05, 0.1) is 25.2 Å². The van der Waals surface area contributed by atoms with E-state index < -0.39 is 41.2 Å². The monoisotopic (exact) mass is 359 g/mol. The molecule has 0 aromatic heterocycles. The average molecular weight is 359 g/mol. The van der Waals surface area contributed by atoms with E-state index in [0.29, 0.717) is 4.31 Å². The van der Waals surface area contributed by atoms with Crippen LogP contribution in [0.2, 0.25) is 0 Å². The van der Waals surface area contributed by atoms with Gasteiger partial charge in [0.15, 0.2) is 0 Å². The summed E-state index contributed by atoms with van der Waals surface area (Å²) in [4.78, 5) is 23.5. The van der Waals surface area contributed by atoms with Gasteiger partial charge in [0, 0.05) is 0 Å². The molecule has 134 valence electrons. The summed E-state index contributed by atoms with van der Waals surface area (Å²) in [5, 5.41) is 9.44. The van der Waals surface area contributed by atoms with Gasteiger partial charge in [-0.3, -0.25) is 9.59 Å². The SMILES string of the molecule is CCOC(=O)CN(C(CO)C(=O)OC)S(=O)(=O)c1ccc(C)cc1. The van der Waals surface area contributed by atoms with Crippen LogP contribution in [0.25, 0.3) is 0 Å². The van der Waals surface area contributed by atoms with Crippen molar-refractivity contribution in [1.29, 1.82) is 0 Å². The molecule has 24 heavy (non-hydrogen) atoms. The molecule has 8 nitrogen and oxygen atoms in total. The van der Waals surface area contributed by atoms with Crippen molar-refractivity contribution >= 4 is 22.0 Å². The molecule has 0 spiro atoms. The first-order valence-electron chi connectivity index (χ1n) is 7.20. The first kappa shape index (κ1) is 20.1. The molecule has 0 radical (unpaired) electrons. The van der Waals surface area contributed by atoms with Gasteiger partial charge in [0.1, 0.15) is 12.6 Å². The van der Waals surface area contributed by atoms with E-state index in [0.717, 1.165) is 12.7 Å². The molecule has 9 heteroatoms. The molecule has 1 N–H and O–H groups in total. The summed E-state index contributed by atoms with van der Waals surface area (Å²) in [5.74, 6) is -1.81. The van der Waals surface area contributed by atoms with E-state index in [1.54, 1.807) is 26.0 Å². The predicted octanol–water partition coefficient (Wildman–Crippen LogP) is 0.0827. The normalized spacial score (nSPS) is 12.7. The van der Waals surface area contributed by atoms with Crippen molar-refractivity contribution in [2.45, 2.75) is 24.8 Å². The highest BCUT2D eigenvalue weighted by Crippen LogP contribution is 2.19. The number of nitrogens with zero attached hydrogens (tertiary/aromatic N) is 1. The number of aryl methyl sites for hydroxylation is 1. The zero-order chi connectivity index (χ0) is 18.3. The molecule has 0 saturated carbocycles. The van der Waals surface area contributed by atoms with E-state index in [2.05, 4.69) is 4.74 Å². The molecule has 0 amide bonds. The Bertz CT molecular complexity index is 670. The molecule has 1 atom stereocenters. The van der Waals surface area contributed by atoms with Crippen LogP contribution < -0.4 is 0 Å². The van der Waals surface area contributed by atoms with Gasteiger partial charge < -0.3 is 14.6 Å². The van der Waals surface area contributed by atoms with Gasteiger partial charge in [0.2, 0.25) is 10.0 Å². The quantitative estimate of drug-likeness (QED) is 0.655. The first-order chi connectivity index (χ1) is 11.3. The number of carbonyl (C=O) groups excluding carboxylic acids is 2. The zero-order valence-electron chi connectivity index (χ0n) is 13.8. The van der Waals surface area contributed by atoms with Crippen molar-refractivity contribution in [3.05, 3.63) is 29.8 Å². The van der Waals surface area contributed by atoms with E-state index >= 15 is 0 Å². The Morgan fingerprint density at radius 1 is 1.25 bits per heavy atom. The largest absolute Gasteiger partial charge is 0.468 e. The maximum atomic E-state index is 12.8. The van der Waals surface area contributed by atoms with Crippen LogP contribution >= 0.6 is 0 Å². The topological polar surface area (TPSA) is 110 Å². The van der Waals surface area contributed by atoms with Gasteiger partial charge in [-0.1, -0.05) is 17.7 Å². The van der Waals surface area contributed by atoms with Crippen LogP contribution in [0.4, 0.5) is 0 Å². The lowest BCUT2D eigenvalue weighted by Gasteiger charge is -2.27.